The van der Waals surface area contributed by atoms with Crippen LogP contribution in [0, 0.1) is 0 Å². The van der Waals surface area contributed by atoms with Crippen molar-refractivity contribution in [2.75, 3.05) is 40.8 Å². The SMILES string of the molecule is CN=C(NCc1cc2c(cc1OC)CC(C)O2)NC1CCN(CC(=O)NC)CC1.I. The predicted molar refractivity (Wildman–Crippen MR) is 129 cm³/mol. The summed E-state index contributed by atoms with van der Waals surface area (Å²) in [6.07, 6.45) is 3.08. The highest BCUT2D eigenvalue weighted by Gasteiger charge is 2.23. The first-order chi connectivity index (χ1) is 14.0. The first kappa shape index (κ1) is 24.5. The van der Waals surface area contributed by atoms with Crippen LogP contribution in [0.15, 0.2) is 17.1 Å². The minimum absolute atomic E-state index is 0. The van der Waals surface area contributed by atoms with Gasteiger partial charge in [0.2, 0.25) is 5.91 Å². The first-order valence-corrected chi connectivity index (χ1v) is 10.3. The van der Waals surface area contributed by atoms with Gasteiger partial charge in [-0.05, 0) is 31.9 Å². The average molecular weight is 531 g/mol. The fraction of sp³-hybridized carbons (Fsp3) is 0.619. The Kier molecular flexibility index (Phi) is 9.47. The van der Waals surface area contributed by atoms with Crippen molar-refractivity contribution in [1.29, 1.82) is 0 Å². The topological polar surface area (TPSA) is 87.2 Å². The van der Waals surface area contributed by atoms with E-state index in [1.165, 1.54) is 5.56 Å². The number of guanidine groups is 1. The highest BCUT2D eigenvalue weighted by Crippen LogP contribution is 2.34. The van der Waals surface area contributed by atoms with E-state index in [9.17, 15) is 4.79 Å². The van der Waals surface area contributed by atoms with Crippen LogP contribution in [0.3, 0.4) is 0 Å². The van der Waals surface area contributed by atoms with Crippen LogP contribution in [0.1, 0.15) is 30.9 Å². The Morgan fingerprint density at radius 2 is 2.07 bits per heavy atom. The molecule has 0 spiro atoms. The first-order valence-electron chi connectivity index (χ1n) is 10.3. The molecule has 1 atom stereocenters. The number of fused-ring (bicyclic) bond motifs is 1. The molecule has 2 aliphatic rings. The highest BCUT2D eigenvalue weighted by atomic mass is 127. The van der Waals surface area contributed by atoms with Gasteiger partial charge in [-0.1, -0.05) is 0 Å². The van der Waals surface area contributed by atoms with Crippen LogP contribution in [-0.4, -0.2) is 69.8 Å². The molecule has 0 saturated carbocycles. The predicted octanol–water partition coefficient (Wildman–Crippen LogP) is 1.51. The Morgan fingerprint density at radius 1 is 1.33 bits per heavy atom. The van der Waals surface area contributed by atoms with Crippen molar-refractivity contribution in [3.05, 3.63) is 23.3 Å². The van der Waals surface area contributed by atoms with Gasteiger partial charge in [0.05, 0.1) is 13.7 Å². The molecule has 0 radical (unpaired) electrons. The van der Waals surface area contributed by atoms with Gasteiger partial charge in [-0.25, -0.2) is 0 Å². The number of nitrogens with zero attached hydrogens (tertiary/aromatic N) is 2. The second kappa shape index (κ2) is 11.6. The maximum absolute atomic E-state index is 11.5. The molecule has 1 amide bonds. The Morgan fingerprint density at radius 3 is 2.70 bits per heavy atom. The molecule has 30 heavy (non-hydrogen) atoms. The third-order valence-corrected chi connectivity index (χ3v) is 5.54. The number of piperidine rings is 1. The fourth-order valence-corrected chi connectivity index (χ4v) is 3.89. The number of nitrogens with one attached hydrogen (secondary N) is 3. The summed E-state index contributed by atoms with van der Waals surface area (Å²) in [5, 5.41) is 9.57. The van der Waals surface area contributed by atoms with E-state index in [1.807, 2.05) is 0 Å². The number of carbonyl (C=O) groups excluding carboxylic acids is 1. The Bertz CT molecular complexity index is 750. The smallest absolute Gasteiger partial charge is 0.233 e. The number of aliphatic imine (C=N–C) groups is 1. The van der Waals surface area contributed by atoms with Gasteiger partial charge in [-0.2, -0.15) is 0 Å². The van der Waals surface area contributed by atoms with Crippen LogP contribution in [-0.2, 0) is 17.8 Å². The number of hydrogen-bond acceptors (Lipinski definition) is 5. The van der Waals surface area contributed by atoms with Gasteiger partial charge < -0.3 is 25.4 Å². The lowest BCUT2D eigenvalue weighted by Crippen LogP contribution is -2.49. The van der Waals surface area contributed by atoms with Crippen molar-refractivity contribution in [2.45, 2.75) is 44.9 Å². The van der Waals surface area contributed by atoms with Gasteiger partial charge >= 0.3 is 0 Å². The maximum Gasteiger partial charge on any atom is 0.233 e. The van der Waals surface area contributed by atoms with Crippen molar-refractivity contribution in [1.82, 2.24) is 20.9 Å². The summed E-state index contributed by atoms with van der Waals surface area (Å²) < 4.78 is 11.5. The second-order valence-corrected chi connectivity index (χ2v) is 7.70. The standard InChI is InChI=1S/C21H33N5O3.HI/c1-14-9-15-10-18(28-4)16(11-19(15)29-14)12-24-21(23-3)25-17-5-7-26(8-6-17)13-20(27)22-2;/h10-11,14,17H,5-9,12-13H2,1-4H3,(H,22,27)(H2,23,24,25);1H. The van der Waals surface area contributed by atoms with Crippen LogP contribution in [0.4, 0.5) is 0 Å². The van der Waals surface area contributed by atoms with Crippen LogP contribution in [0.5, 0.6) is 11.5 Å². The summed E-state index contributed by atoms with van der Waals surface area (Å²) in [5.41, 5.74) is 2.24. The maximum atomic E-state index is 11.5. The van der Waals surface area contributed by atoms with Gasteiger partial charge in [-0.3, -0.25) is 14.7 Å². The summed E-state index contributed by atoms with van der Waals surface area (Å²) in [6, 6.07) is 4.48. The van der Waals surface area contributed by atoms with Crippen molar-refractivity contribution in [3.8, 4) is 11.5 Å². The number of benzene rings is 1. The van der Waals surface area contributed by atoms with E-state index in [2.05, 4.69) is 44.9 Å². The third kappa shape index (κ3) is 6.37. The van der Waals surface area contributed by atoms with Crippen molar-refractivity contribution in [2.24, 2.45) is 4.99 Å². The Labute approximate surface area is 196 Å². The molecule has 9 heteroatoms. The van der Waals surface area contributed by atoms with E-state index >= 15 is 0 Å². The van der Waals surface area contributed by atoms with Crippen molar-refractivity contribution >= 4 is 35.8 Å². The fourth-order valence-electron chi connectivity index (χ4n) is 3.89. The second-order valence-electron chi connectivity index (χ2n) is 7.70. The van der Waals surface area contributed by atoms with E-state index in [1.54, 1.807) is 21.2 Å². The molecule has 0 aromatic heterocycles. The van der Waals surface area contributed by atoms with E-state index in [-0.39, 0.29) is 36.0 Å². The van der Waals surface area contributed by atoms with E-state index in [0.29, 0.717) is 19.1 Å². The van der Waals surface area contributed by atoms with Gasteiger partial charge in [0.1, 0.15) is 17.6 Å². The van der Waals surface area contributed by atoms with Crippen LogP contribution < -0.4 is 25.4 Å². The van der Waals surface area contributed by atoms with E-state index in [0.717, 1.165) is 55.4 Å². The van der Waals surface area contributed by atoms with Gasteiger partial charge in [0, 0.05) is 57.3 Å². The summed E-state index contributed by atoms with van der Waals surface area (Å²) in [6.45, 7) is 4.95. The number of amides is 1. The van der Waals surface area contributed by atoms with E-state index in [4.69, 9.17) is 9.47 Å². The highest BCUT2D eigenvalue weighted by molar-refractivity contribution is 14.0. The number of rotatable bonds is 6. The number of hydrogen-bond donors (Lipinski definition) is 3. The number of likely N-dealkylation sites (N-methyl/N-ethyl adjacent to an activating group) is 1. The monoisotopic (exact) mass is 531 g/mol. The summed E-state index contributed by atoms with van der Waals surface area (Å²) in [4.78, 5) is 18.1. The zero-order chi connectivity index (χ0) is 20.8. The summed E-state index contributed by atoms with van der Waals surface area (Å²) in [5.74, 6) is 2.65. The molecule has 1 unspecified atom stereocenters. The van der Waals surface area contributed by atoms with Crippen molar-refractivity contribution in [3.63, 3.8) is 0 Å². The van der Waals surface area contributed by atoms with Crippen LogP contribution >= 0.6 is 24.0 Å². The van der Waals surface area contributed by atoms with Crippen LogP contribution in [0.2, 0.25) is 0 Å². The zero-order valence-corrected chi connectivity index (χ0v) is 20.6. The lowest BCUT2D eigenvalue weighted by molar-refractivity contribution is -0.122. The molecule has 8 nitrogen and oxygen atoms in total. The Hall–Kier alpha value is -1.75. The molecule has 3 rings (SSSR count). The molecule has 3 N–H and O–H groups in total. The molecule has 1 aromatic carbocycles. The lowest BCUT2D eigenvalue weighted by Gasteiger charge is -2.32. The molecule has 2 aliphatic heterocycles. The lowest BCUT2D eigenvalue weighted by atomic mass is 10.1. The van der Waals surface area contributed by atoms with Gasteiger partial charge in [0.15, 0.2) is 5.96 Å². The van der Waals surface area contributed by atoms with Crippen molar-refractivity contribution < 1.29 is 14.3 Å². The minimum atomic E-state index is 0. The largest absolute Gasteiger partial charge is 0.496 e. The third-order valence-electron chi connectivity index (χ3n) is 5.54. The minimum Gasteiger partial charge on any atom is -0.496 e. The number of carbonyl (C=O) groups is 1. The molecule has 1 fully saturated rings. The molecule has 1 aromatic rings. The molecular formula is C21H34IN5O3. The molecule has 1 saturated heterocycles. The summed E-state index contributed by atoms with van der Waals surface area (Å²) in [7, 11) is 5.15. The van der Waals surface area contributed by atoms with E-state index < -0.39 is 0 Å². The number of likely N-dealkylation sites (tertiary alicyclic amines) is 1. The molecule has 0 aliphatic carbocycles. The van der Waals surface area contributed by atoms with Gasteiger partial charge in [0.25, 0.3) is 0 Å². The molecular weight excluding hydrogens is 497 g/mol. The molecule has 2 heterocycles. The number of ether oxygens (including phenoxy) is 2. The normalized spacial score (nSPS) is 19.3. The zero-order valence-electron chi connectivity index (χ0n) is 18.3. The summed E-state index contributed by atoms with van der Waals surface area (Å²) >= 11 is 0. The molecule has 168 valence electrons. The Balaban J connectivity index is 0.00000320. The number of halogens is 1. The average Bonchev–Trinajstić information content (AvgIpc) is 3.10. The number of methoxy groups -OCH3 is 1. The quantitative estimate of drug-likeness (QED) is 0.293. The van der Waals surface area contributed by atoms with Gasteiger partial charge in [-0.15, -0.1) is 24.0 Å². The molecule has 0 bridgehead atoms. The van der Waals surface area contributed by atoms with Crippen LogP contribution in [0.25, 0.3) is 0 Å².